The van der Waals surface area contributed by atoms with Crippen molar-refractivity contribution in [2.75, 3.05) is 26.7 Å². The van der Waals surface area contributed by atoms with Crippen molar-refractivity contribution in [2.24, 2.45) is 0 Å². The predicted octanol–water partition coefficient (Wildman–Crippen LogP) is 6.17. The van der Waals surface area contributed by atoms with E-state index in [1.807, 2.05) is 14.0 Å². The van der Waals surface area contributed by atoms with E-state index in [4.69, 9.17) is 9.72 Å². The number of ether oxygens (including phenoxy) is 1. The van der Waals surface area contributed by atoms with Crippen LogP contribution >= 0.6 is 0 Å². The average molecular weight is 611 g/mol. The summed E-state index contributed by atoms with van der Waals surface area (Å²) < 4.78 is 61.4. The number of aromatic nitrogens is 2. The third-order valence-electron chi connectivity index (χ3n) is 8.06. The summed E-state index contributed by atoms with van der Waals surface area (Å²) in [6, 6.07) is 15.6. The van der Waals surface area contributed by atoms with Crippen molar-refractivity contribution in [2.45, 2.75) is 51.4 Å². The number of amides is 1. The van der Waals surface area contributed by atoms with Gasteiger partial charge in [-0.3, -0.25) is 14.2 Å². The molecule has 1 aliphatic heterocycles. The summed E-state index contributed by atoms with van der Waals surface area (Å²) in [5.74, 6) is -0.880. The quantitative estimate of drug-likeness (QED) is 0.223. The Kier molecular flexibility index (Phi) is 9.05. The van der Waals surface area contributed by atoms with Crippen LogP contribution in [0.15, 0.2) is 71.5 Å². The lowest BCUT2D eigenvalue weighted by Gasteiger charge is -2.41. The summed E-state index contributed by atoms with van der Waals surface area (Å²) in [6.45, 7) is 5.56. The van der Waals surface area contributed by atoms with Crippen LogP contribution in [0.25, 0.3) is 16.6 Å². The van der Waals surface area contributed by atoms with Gasteiger partial charge in [0.25, 0.3) is 5.56 Å². The number of carbonyl (C=O) groups excluding carboxylic acids is 1. The van der Waals surface area contributed by atoms with Crippen molar-refractivity contribution < 1.29 is 27.1 Å². The predicted molar refractivity (Wildman–Crippen MR) is 159 cm³/mol. The molecule has 1 atom stereocenters. The first kappa shape index (κ1) is 31.2. The van der Waals surface area contributed by atoms with Gasteiger partial charge in [-0.05, 0) is 101 Å². The van der Waals surface area contributed by atoms with Gasteiger partial charge >= 0.3 is 6.18 Å². The molecule has 0 spiro atoms. The second kappa shape index (κ2) is 12.8. The Bertz CT molecular complexity index is 1700. The highest BCUT2D eigenvalue weighted by Crippen LogP contribution is 2.33. The summed E-state index contributed by atoms with van der Waals surface area (Å²) in [6.07, 6.45) is -4.01. The Hall–Kier alpha value is -4.25. The maximum Gasteiger partial charge on any atom is 0.419 e. The van der Waals surface area contributed by atoms with E-state index in [-0.39, 0.29) is 23.6 Å². The highest BCUT2D eigenvalue weighted by atomic mass is 19.4. The average Bonchev–Trinajstić information content (AvgIpc) is 2.99. The largest absolute Gasteiger partial charge is 0.494 e. The number of carbonyl (C=O) groups is 1. The number of halogens is 4. The van der Waals surface area contributed by atoms with Crippen molar-refractivity contribution in [1.82, 2.24) is 19.4 Å². The number of likely N-dealkylation sites (tertiary alicyclic amines) is 1. The lowest BCUT2D eigenvalue weighted by molar-refractivity contribution is -0.140. The Morgan fingerprint density at radius 1 is 1.07 bits per heavy atom. The van der Waals surface area contributed by atoms with Gasteiger partial charge in [-0.15, -0.1) is 0 Å². The standard InChI is InChI=1S/C33H34F4N4O3/c1-4-44-25-12-10-23(11-13-25)41-31(38-29-8-6-5-7-26(29)32(41)43)21(2)40(24-15-17-39(3)18-16-24)30(42)20-22-9-14-28(34)27(19-22)33(35,36)37/h5-14,19,21,24H,4,15-18,20H2,1-3H3. The molecule has 1 amide bonds. The molecule has 1 fully saturated rings. The molecular formula is C33H34F4N4O3. The van der Waals surface area contributed by atoms with Gasteiger partial charge in [0.15, 0.2) is 0 Å². The number of rotatable bonds is 8. The molecule has 3 aromatic carbocycles. The minimum absolute atomic E-state index is 0.0456. The molecule has 0 aliphatic carbocycles. The number of fused-ring (bicyclic) bond motifs is 1. The van der Waals surface area contributed by atoms with E-state index in [9.17, 15) is 27.2 Å². The van der Waals surface area contributed by atoms with Crippen LogP contribution in [0.3, 0.4) is 0 Å². The summed E-state index contributed by atoms with van der Waals surface area (Å²) in [4.78, 5) is 36.7. The molecule has 1 aliphatic rings. The molecular weight excluding hydrogens is 576 g/mol. The maximum absolute atomic E-state index is 14.1. The molecule has 1 unspecified atom stereocenters. The van der Waals surface area contributed by atoms with E-state index < -0.39 is 29.5 Å². The molecule has 0 saturated carbocycles. The molecule has 0 radical (unpaired) electrons. The molecule has 5 rings (SSSR count). The molecule has 1 saturated heterocycles. The van der Waals surface area contributed by atoms with Crippen LogP contribution in [-0.2, 0) is 17.4 Å². The van der Waals surface area contributed by atoms with E-state index in [1.54, 1.807) is 60.4 Å². The van der Waals surface area contributed by atoms with Gasteiger partial charge in [0.2, 0.25) is 5.91 Å². The molecule has 0 bridgehead atoms. The molecule has 4 aromatic rings. The minimum atomic E-state index is -4.90. The van der Waals surface area contributed by atoms with Gasteiger partial charge in [0.05, 0.1) is 41.2 Å². The number of hydrogen-bond acceptors (Lipinski definition) is 5. The summed E-state index contributed by atoms with van der Waals surface area (Å²) >= 11 is 0. The van der Waals surface area contributed by atoms with Crippen molar-refractivity contribution in [3.8, 4) is 11.4 Å². The van der Waals surface area contributed by atoms with Crippen LogP contribution in [0.5, 0.6) is 5.75 Å². The van der Waals surface area contributed by atoms with Crippen molar-refractivity contribution in [1.29, 1.82) is 0 Å². The zero-order valence-corrected chi connectivity index (χ0v) is 24.8. The number of nitrogens with zero attached hydrogens (tertiary/aromatic N) is 4. The zero-order chi connectivity index (χ0) is 31.6. The number of para-hydroxylation sites is 1. The lowest BCUT2D eigenvalue weighted by atomic mass is 9.99. The Morgan fingerprint density at radius 2 is 1.75 bits per heavy atom. The molecule has 11 heteroatoms. The van der Waals surface area contributed by atoms with Gasteiger partial charge < -0.3 is 14.5 Å². The number of hydrogen-bond donors (Lipinski definition) is 0. The third kappa shape index (κ3) is 6.47. The second-order valence-corrected chi connectivity index (χ2v) is 11.1. The Balaban J connectivity index is 1.61. The van der Waals surface area contributed by atoms with Crippen LogP contribution < -0.4 is 10.3 Å². The molecule has 1 aromatic heterocycles. The van der Waals surface area contributed by atoms with Crippen LogP contribution in [0, 0.1) is 5.82 Å². The summed E-state index contributed by atoms with van der Waals surface area (Å²) in [7, 11) is 1.98. The number of benzene rings is 3. The van der Waals surface area contributed by atoms with Crippen LogP contribution in [0.1, 0.15) is 49.7 Å². The second-order valence-electron chi connectivity index (χ2n) is 11.1. The molecule has 232 valence electrons. The lowest BCUT2D eigenvalue weighted by Crippen LogP contribution is -2.49. The first-order chi connectivity index (χ1) is 21.0. The highest BCUT2D eigenvalue weighted by molar-refractivity contribution is 5.80. The van der Waals surface area contributed by atoms with E-state index in [0.717, 1.165) is 6.07 Å². The van der Waals surface area contributed by atoms with Crippen molar-refractivity contribution >= 4 is 16.8 Å². The van der Waals surface area contributed by atoms with E-state index in [2.05, 4.69) is 4.90 Å². The van der Waals surface area contributed by atoms with E-state index >= 15 is 0 Å². The third-order valence-corrected chi connectivity index (χ3v) is 8.06. The monoisotopic (exact) mass is 610 g/mol. The van der Waals surface area contributed by atoms with Crippen molar-refractivity contribution in [3.05, 3.63) is 99.9 Å². The molecule has 2 heterocycles. The Labute approximate surface area is 252 Å². The SMILES string of the molecule is CCOc1ccc(-n2c(C(C)N(C(=O)Cc3ccc(F)c(C(F)(F)F)c3)C3CCN(C)CC3)nc3ccccc3c2=O)cc1. The summed E-state index contributed by atoms with van der Waals surface area (Å²) in [5, 5.41) is 0.403. The van der Waals surface area contributed by atoms with E-state index in [0.29, 0.717) is 66.8 Å². The highest BCUT2D eigenvalue weighted by Gasteiger charge is 2.36. The fraction of sp³-hybridized carbons (Fsp3) is 0.364. The fourth-order valence-electron chi connectivity index (χ4n) is 5.84. The van der Waals surface area contributed by atoms with Gasteiger partial charge in [-0.2, -0.15) is 13.2 Å². The molecule has 44 heavy (non-hydrogen) atoms. The maximum atomic E-state index is 14.1. The fourth-order valence-corrected chi connectivity index (χ4v) is 5.84. The van der Waals surface area contributed by atoms with Crippen LogP contribution in [0.4, 0.5) is 17.6 Å². The zero-order valence-electron chi connectivity index (χ0n) is 24.8. The van der Waals surface area contributed by atoms with E-state index in [1.165, 1.54) is 10.6 Å². The smallest absolute Gasteiger partial charge is 0.419 e. The number of alkyl halides is 3. The van der Waals surface area contributed by atoms with Gasteiger partial charge in [0, 0.05) is 6.04 Å². The van der Waals surface area contributed by atoms with Gasteiger partial charge in [0.1, 0.15) is 17.4 Å². The van der Waals surface area contributed by atoms with Gasteiger partial charge in [-0.25, -0.2) is 9.37 Å². The summed E-state index contributed by atoms with van der Waals surface area (Å²) in [5.41, 5.74) is -0.689. The first-order valence-corrected chi connectivity index (χ1v) is 14.6. The van der Waals surface area contributed by atoms with Crippen molar-refractivity contribution in [3.63, 3.8) is 0 Å². The topological polar surface area (TPSA) is 67.7 Å². The van der Waals surface area contributed by atoms with Crippen LogP contribution in [-0.4, -0.2) is 58.0 Å². The minimum Gasteiger partial charge on any atom is -0.494 e. The number of piperidine rings is 1. The first-order valence-electron chi connectivity index (χ1n) is 14.6. The van der Waals surface area contributed by atoms with Crippen LogP contribution in [0.2, 0.25) is 0 Å². The normalized spacial score (nSPS) is 15.3. The molecule has 0 N–H and O–H groups in total. The molecule has 7 nitrogen and oxygen atoms in total. The Morgan fingerprint density at radius 3 is 2.41 bits per heavy atom. The van der Waals surface area contributed by atoms with Gasteiger partial charge in [-0.1, -0.05) is 18.2 Å².